The van der Waals surface area contributed by atoms with Gasteiger partial charge in [0, 0.05) is 47.2 Å². The molecule has 0 unspecified atom stereocenters. The summed E-state index contributed by atoms with van der Waals surface area (Å²) in [4.78, 5) is 21.6. The van der Waals surface area contributed by atoms with E-state index in [1.807, 2.05) is 18.2 Å². The number of nitrogens with zero attached hydrogens (tertiary/aromatic N) is 4. The number of benzene rings is 3. The van der Waals surface area contributed by atoms with Crippen LogP contribution in [0, 0.1) is 5.92 Å². The van der Waals surface area contributed by atoms with Crippen LogP contribution >= 0.6 is 0 Å². The summed E-state index contributed by atoms with van der Waals surface area (Å²) >= 11 is 0. The fourth-order valence-corrected chi connectivity index (χ4v) is 6.87. The van der Waals surface area contributed by atoms with Crippen molar-refractivity contribution in [1.82, 2.24) is 29.6 Å². The number of hydrogen-bond donors (Lipinski definition) is 3. The predicted molar refractivity (Wildman–Crippen MR) is 176 cm³/mol. The first-order chi connectivity index (χ1) is 22.1. The Balaban J connectivity index is 1.28. The van der Waals surface area contributed by atoms with Crippen molar-refractivity contribution in [2.75, 3.05) is 20.2 Å². The highest BCUT2D eigenvalue weighted by atomic mass is 16.5. The van der Waals surface area contributed by atoms with Crippen molar-refractivity contribution in [2.45, 2.75) is 44.7 Å². The zero-order chi connectivity index (χ0) is 30.8. The molecule has 45 heavy (non-hydrogen) atoms. The molecule has 4 heterocycles. The average molecular weight is 602 g/mol. The number of nitrogens with one attached hydrogen (secondary N) is 2. The molecule has 2 atom stereocenters. The van der Waals surface area contributed by atoms with Crippen LogP contribution in [0.3, 0.4) is 0 Å². The van der Waals surface area contributed by atoms with E-state index in [4.69, 9.17) is 20.7 Å². The van der Waals surface area contributed by atoms with Gasteiger partial charge in [0.05, 0.1) is 25.6 Å². The number of primary amides is 1. The van der Waals surface area contributed by atoms with Gasteiger partial charge in [0.25, 0.3) is 0 Å². The van der Waals surface area contributed by atoms with E-state index in [1.54, 1.807) is 7.11 Å². The summed E-state index contributed by atoms with van der Waals surface area (Å²) in [5, 5.41) is 12.2. The predicted octanol–water partition coefficient (Wildman–Crippen LogP) is 5.56. The minimum Gasteiger partial charge on any atom is -0.497 e. The van der Waals surface area contributed by atoms with Crippen molar-refractivity contribution in [1.29, 1.82) is 0 Å². The van der Waals surface area contributed by atoms with Gasteiger partial charge in [-0.1, -0.05) is 48.5 Å². The standard InChI is InChI=1S/C36H39N7O2/c1-45-28-15-12-24(13-16-28)22-43-34(17-14-25-20-38-31-10-4-2-8-29(25)31)40-41-36(43)33(42-18-6-7-26(23-42)35(37)44)19-27-21-39-32-11-5-3-9-30(27)32/h2-5,8-13,15-16,20-21,26,33,38-39H,6-7,14,17-19,22-23H2,1H3,(H2,37,44)/t26-,33+/m0/s1. The molecule has 0 bridgehead atoms. The van der Waals surface area contributed by atoms with Crippen LogP contribution in [0.25, 0.3) is 21.8 Å². The van der Waals surface area contributed by atoms with Crippen LogP contribution in [0.15, 0.2) is 85.2 Å². The third kappa shape index (κ3) is 5.95. The lowest BCUT2D eigenvalue weighted by Crippen LogP contribution is -2.44. The molecule has 0 aliphatic carbocycles. The number of H-pyrrole nitrogens is 2. The summed E-state index contributed by atoms with van der Waals surface area (Å²) in [6.07, 6.45) is 8.26. The first kappa shape index (κ1) is 28.9. The van der Waals surface area contributed by atoms with Gasteiger partial charge >= 0.3 is 0 Å². The molecule has 3 aromatic carbocycles. The average Bonchev–Trinajstić information content (AvgIpc) is 3.80. The summed E-state index contributed by atoms with van der Waals surface area (Å²) in [6, 6.07) is 24.9. The number of nitrogens with two attached hydrogens (primary N) is 1. The van der Waals surface area contributed by atoms with Crippen molar-refractivity contribution < 1.29 is 9.53 Å². The second-order valence-corrected chi connectivity index (χ2v) is 12.1. The molecular weight excluding hydrogens is 562 g/mol. The summed E-state index contributed by atoms with van der Waals surface area (Å²) in [6.45, 7) is 2.12. The number of methoxy groups -OCH3 is 1. The van der Waals surface area contributed by atoms with Gasteiger partial charge in [0.1, 0.15) is 11.6 Å². The Morgan fingerprint density at radius 1 is 0.933 bits per heavy atom. The zero-order valence-electron chi connectivity index (χ0n) is 25.6. The maximum atomic E-state index is 12.4. The fourth-order valence-electron chi connectivity index (χ4n) is 6.87. The van der Waals surface area contributed by atoms with E-state index in [0.29, 0.717) is 13.1 Å². The molecule has 230 valence electrons. The number of fused-ring (bicyclic) bond motifs is 2. The quantitative estimate of drug-likeness (QED) is 0.180. The lowest BCUT2D eigenvalue weighted by atomic mass is 9.94. The third-order valence-corrected chi connectivity index (χ3v) is 9.33. The number of carbonyl (C=O) groups is 1. The van der Waals surface area contributed by atoms with E-state index >= 15 is 0 Å². The van der Waals surface area contributed by atoms with E-state index in [0.717, 1.165) is 72.6 Å². The summed E-state index contributed by atoms with van der Waals surface area (Å²) in [7, 11) is 1.68. The highest BCUT2D eigenvalue weighted by molar-refractivity contribution is 5.83. The minimum absolute atomic E-state index is 0.0843. The Kier molecular flexibility index (Phi) is 8.09. The lowest BCUT2D eigenvalue weighted by Gasteiger charge is -2.37. The fraction of sp³-hybridized carbons (Fsp3) is 0.306. The van der Waals surface area contributed by atoms with Crippen LogP contribution in [0.5, 0.6) is 5.75 Å². The van der Waals surface area contributed by atoms with Gasteiger partial charge in [-0.3, -0.25) is 9.69 Å². The first-order valence-corrected chi connectivity index (χ1v) is 15.8. The van der Waals surface area contributed by atoms with Crippen LogP contribution in [0.2, 0.25) is 0 Å². The number of aryl methyl sites for hydroxylation is 2. The Hall–Kier alpha value is -4.89. The van der Waals surface area contributed by atoms with Crippen molar-refractivity contribution in [3.05, 3.63) is 114 Å². The molecule has 0 saturated carbocycles. The van der Waals surface area contributed by atoms with Crippen LogP contribution in [-0.2, 0) is 30.6 Å². The number of amides is 1. The normalized spacial score (nSPS) is 16.3. The Bertz CT molecular complexity index is 1920. The molecule has 6 aromatic rings. The second kappa shape index (κ2) is 12.6. The summed E-state index contributed by atoms with van der Waals surface area (Å²) in [5.41, 5.74) is 11.7. The van der Waals surface area contributed by atoms with Crippen LogP contribution < -0.4 is 10.5 Å². The van der Waals surface area contributed by atoms with Gasteiger partial charge in [-0.2, -0.15) is 0 Å². The number of para-hydroxylation sites is 2. The van der Waals surface area contributed by atoms with Crippen LogP contribution in [0.1, 0.15) is 47.2 Å². The van der Waals surface area contributed by atoms with E-state index in [-0.39, 0.29) is 17.9 Å². The highest BCUT2D eigenvalue weighted by Gasteiger charge is 2.33. The van der Waals surface area contributed by atoms with Gasteiger partial charge in [0.2, 0.25) is 5.91 Å². The molecular formula is C36H39N7O2. The van der Waals surface area contributed by atoms with E-state index in [1.165, 1.54) is 21.9 Å². The maximum Gasteiger partial charge on any atom is 0.221 e. The van der Waals surface area contributed by atoms with Gasteiger partial charge in [-0.25, -0.2) is 0 Å². The van der Waals surface area contributed by atoms with E-state index < -0.39 is 0 Å². The molecule has 3 aromatic heterocycles. The molecule has 1 aliphatic heterocycles. The molecule has 1 saturated heterocycles. The first-order valence-electron chi connectivity index (χ1n) is 15.8. The molecule has 9 heteroatoms. The van der Waals surface area contributed by atoms with Gasteiger partial charge in [-0.15, -0.1) is 10.2 Å². The second-order valence-electron chi connectivity index (χ2n) is 12.1. The van der Waals surface area contributed by atoms with E-state index in [9.17, 15) is 4.79 Å². The number of hydrogen-bond acceptors (Lipinski definition) is 5. The summed E-state index contributed by atoms with van der Waals surface area (Å²) < 4.78 is 7.72. The monoisotopic (exact) mass is 601 g/mol. The van der Waals surface area contributed by atoms with Gasteiger partial charge in [0.15, 0.2) is 5.82 Å². The number of likely N-dealkylation sites (tertiary alicyclic amines) is 1. The minimum atomic E-state index is -0.232. The van der Waals surface area contributed by atoms with Crippen molar-refractivity contribution in [3.8, 4) is 5.75 Å². The molecule has 7 rings (SSSR count). The Morgan fingerprint density at radius 2 is 1.62 bits per heavy atom. The van der Waals surface area contributed by atoms with E-state index in [2.05, 4.69) is 86.4 Å². The van der Waals surface area contributed by atoms with Crippen molar-refractivity contribution in [2.24, 2.45) is 11.7 Å². The van der Waals surface area contributed by atoms with Crippen LogP contribution in [-0.4, -0.2) is 55.7 Å². The Morgan fingerprint density at radius 3 is 2.33 bits per heavy atom. The van der Waals surface area contributed by atoms with Crippen LogP contribution in [0.4, 0.5) is 0 Å². The molecule has 1 amide bonds. The van der Waals surface area contributed by atoms with Crippen molar-refractivity contribution >= 4 is 27.7 Å². The molecule has 4 N–H and O–H groups in total. The number of rotatable bonds is 11. The largest absolute Gasteiger partial charge is 0.497 e. The highest BCUT2D eigenvalue weighted by Crippen LogP contribution is 2.33. The molecule has 0 radical (unpaired) electrons. The molecule has 9 nitrogen and oxygen atoms in total. The zero-order valence-corrected chi connectivity index (χ0v) is 25.6. The smallest absolute Gasteiger partial charge is 0.221 e. The molecule has 1 fully saturated rings. The number of piperidine rings is 1. The number of carbonyl (C=O) groups excluding carboxylic acids is 1. The van der Waals surface area contributed by atoms with Gasteiger partial charge in [-0.05, 0) is 73.2 Å². The Labute approximate surface area is 262 Å². The molecule has 0 spiro atoms. The number of aromatic nitrogens is 5. The lowest BCUT2D eigenvalue weighted by molar-refractivity contribution is -0.123. The number of aromatic amines is 2. The topological polar surface area (TPSA) is 118 Å². The number of ether oxygens (including phenoxy) is 1. The SMILES string of the molecule is COc1ccc(Cn2c(CCc3c[nH]c4ccccc34)nnc2[C@@H](Cc2c[nH]c3ccccc23)N2CCC[C@H](C(N)=O)C2)cc1. The maximum absolute atomic E-state index is 12.4. The third-order valence-electron chi connectivity index (χ3n) is 9.33. The van der Waals surface area contributed by atoms with Crippen molar-refractivity contribution in [3.63, 3.8) is 0 Å². The van der Waals surface area contributed by atoms with Gasteiger partial charge < -0.3 is 25.0 Å². The molecule has 1 aliphatic rings. The summed E-state index contributed by atoms with van der Waals surface area (Å²) in [5.74, 6) is 2.27.